The first kappa shape index (κ1) is 15.4. The van der Waals surface area contributed by atoms with Crippen LogP contribution in [0.5, 0.6) is 0 Å². The lowest BCUT2D eigenvalue weighted by molar-refractivity contribution is -0.127. The van der Waals surface area contributed by atoms with E-state index in [1.54, 1.807) is 20.2 Å². The first-order valence-corrected chi connectivity index (χ1v) is 6.43. The first-order valence-electron chi connectivity index (χ1n) is 6.43. The smallest absolute Gasteiger partial charge is 0.241 e. The molecule has 4 nitrogen and oxygen atoms in total. The maximum Gasteiger partial charge on any atom is 0.241 e. The second kappa shape index (κ2) is 7.09. The lowest BCUT2D eigenvalue weighted by Crippen LogP contribution is -2.37. The van der Waals surface area contributed by atoms with Crippen LogP contribution in [0.15, 0.2) is 18.2 Å². The van der Waals surface area contributed by atoms with Crippen LogP contribution in [0.4, 0.5) is 10.1 Å². The maximum atomic E-state index is 13.7. The average Bonchev–Trinajstić information content (AvgIpc) is 2.37. The molecule has 1 rings (SSSR count). The van der Waals surface area contributed by atoms with Gasteiger partial charge in [0, 0.05) is 38.4 Å². The molecule has 0 saturated carbocycles. The third-order valence-electron chi connectivity index (χ3n) is 2.94. The molecule has 0 aliphatic carbocycles. The van der Waals surface area contributed by atoms with Crippen LogP contribution in [0.3, 0.4) is 0 Å². The molecule has 0 radical (unpaired) electrons. The third kappa shape index (κ3) is 4.21. The third-order valence-corrected chi connectivity index (χ3v) is 2.94. The highest BCUT2D eigenvalue weighted by molar-refractivity contribution is 5.81. The van der Waals surface area contributed by atoms with Gasteiger partial charge in [0.1, 0.15) is 5.82 Å². The summed E-state index contributed by atoms with van der Waals surface area (Å²) in [5, 5.41) is 0. The van der Waals surface area contributed by atoms with E-state index in [0.29, 0.717) is 17.8 Å². The minimum atomic E-state index is -0.321. The van der Waals surface area contributed by atoms with Gasteiger partial charge in [-0.2, -0.15) is 0 Å². The summed E-state index contributed by atoms with van der Waals surface area (Å²) in [4.78, 5) is 15.2. The molecule has 0 fully saturated rings. The van der Waals surface area contributed by atoms with Gasteiger partial charge in [-0.25, -0.2) is 4.39 Å². The van der Waals surface area contributed by atoms with E-state index in [-0.39, 0.29) is 24.8 Å². The van der Waals surface area contributed by atoms with E-state index in [9.17, 15) is 9.18 Å². The predicted octanol–water partition coefficient (Wildman–Crippen LogP) is 1.59. The standard InChI is InChI=1S/C14H22FN3O/c1-4-7-18(10-14(19)17(2)3)12-6-5-11(9-16)13(15)8-12/h5-6,8H,4,7,9-10,16H2,1-3H3. The maximum absolute atomic E-state index is 13.7. The highest BCUT2D eigenvalue weighted by Gasteiger charge is 2.13. The van der Waals surface area contributed by atoms with Gasteiger partial charge in [0.05, 0.1) is 6.54 Å². The Hall–Kier alpha value is -1.62. The molecule has 1 aromatic rings. The quantitative estimate of drug-likeness (QED) is 0.851. The Bertz CT molecular complexity index is 435. The zero-order valence-electron chi connectivity index (χ0n) is 11.8. The Morgan fingerprint density at radius 1 is 1.37 bits per heavy atom. The fourth-order valence-electron chi connectivity index (χ4n) is 1.77. The molecule has 0 aliphatic rings. The molecule has 0 heterocycles. The van der Waals surface area contributed by atoms with Crippen LogP contribution in [0.2, 0.25) is 0 Å². The molecule has 0 atom stereocenters. The summed E-state index contributed by atoms with van der Waals surface area (Å²) in [5.41, 5.74) is 6.64. The van der Waals surface area contributed by atoms with Crippen molar-refractivity contribution >= 4 is 11.6 Å². The Balaban J connectivity index is 2.92. The topological polar surface area (TPSA) is 49.6 Å². The molecule has 1 amide bonds. The molecule has 1 aromatic carbocycles. The predicted molar refractivity (Wildman–Crippen MR) is 75.5 cm³/mol. The minimum absolute atomic E-state index is 0.00300. The van der Waals surface area contributed by atoms with Gasteiger partial charge in [-0.3, -0.25) is 4.79 Å². The van der Waals surface area contributed by atoms with Crippen LogP contribution >= 0.6 is 0 Å². The minimum Gasteiger partial charge on any atom is -0.362 e. The number of halogens is 1. The molecule has 0 unspecified atom stereocenters. The largest absolute Gasteiger partial charge is 0.362 e. The van der Waals surface area contributed by atoms with Gasteiger partial charge in [0.25, 0.3) is 0 Å². The summed E-state index contributed by atoms with van der Waals surface area (Å²) in [7, 11) is 3.43. The van der Waals surface area contributed by atoms with E-state index in [1.165, 1.54) is 11.0 Å². The van der Waals surface area contributed by atoms with Crippen molar-refractivity contribution in [3.05, 3.63) is 29.6 Å². The Morgan fingerprint density at radius 3 is 2.53 bits per heavy atom. The highest BCUT2D eigenvalue weighted by atomic mass is 19.1. The molecular weight excluding hydrogens is 245 g/mol. The fraction of sp³-hybridized carbons (Fsp3) is 0.500. The SMILES string of the molecule is CCCN(CC(=O)N(C)C)c1ccc(CN)c(F)c1. The van der Waals surface area contributed by atoms with E-state index in [4.69, 9.17) is 5.73 Å². The molecule has 0 aliphatic heterocycles. The number of hydrogen-bond donors (Lipinski definition) is 1. The molecule has 19 heavy (non-hydrogen) atoms. The zero-order chi connectivity index (χ0) is 14.4. The van der Waals surface area contributed by atoms with Crippen molar-refractivity contribution in [1.29, 1.82) is 0 Å². The normalized spacial score (nSPS) is 10.4. The molecule has 0 saturated heterocycles. The zero-order valence-corrected chi connectivity index (χ0v) is 11.8. The number of rotatable bonds is 6. The van der Waals surface area contributed by atoms with Crippen molar-refractivity contribution in [3.63, 3.8) is 0 Å². The second-order valence-electron chi connectivity index (χ2n) is 4.69. The number of hydrogen-bond acceptors (Lipinski definition) is 3. The summed E-state index contributed by atoms with van der Waals surface area (Å²) < 4.78 is 13.7. The van der Waals surface area contributed by atoms with Gasteiger partial charge in [-0.15, -0.1) is 0 Å². The van der Waals surface area contributed by atoms with E-state index < -0.39 is 0 Å². The van der Waals surface area contributed by atoms with Crippen molar-refractivity contribution in [2.75, 3.05) is 32.1 Å². The van der Waals surface area contributed by atoms with Crippen molar-refractivity contribution < 1.29 is 9.18 Å². The summed E-state index contributed by atoms with van der Waals surface area (Å²) in [5.74, 6) is -0.324. The summed E-state index contributed by atoms with van der Waals surface area (Å²) in [6, 6.07) is 4.93. The molecule has 2 N–H and O–H groups in total. The first-order chi connectivity index (χ1) is 8.99. The van der Waals surface area contributed by atoms with E-state index in [1.807, 2.05) is 17.9 Å². The van der Waals surface area contributed by atoms with Gasteiger partial charge in [0.2, 0.25) is 5.91 Å². The van der Waals surface area contributed by atoms with Crippen molar-refractivity contribution in [2.24, 2.45) is 5.73 Å². The number of amides is 1. The van der Waals surface area contributed by atoms with Crippen LogP contribution < -0.4 is 10.6 Å². The van der Waals surface area contributed by atoms with Gasteiger partial charge >= 0.3 is 0 Å². The van der Waals surface area contributed by atoms with Gasteiger partial charge < -0.3 is 15.5 Å². The number of anilines is 1. The van der Waals surface area contributed by atoms with E-state index in [2.05, 4.69) is 0 Å². The van der Waals surface area contributed by atoms with Gasteiger partial charge in [-0.05, 0) is 18.6 Å². The van der Waals surface area contributed by atoms with Crippen LogP contribution in [-0.4, -0.2) is 38.0 Å². The van der Waals surface area contributed by atoms with E-state index >= 15 is 0 Å². The molecule has 106 valence electrons. The Morgan fingerprint density at radius 2 is 2.05 bits per heavy atom. The average molecular weight is 267 g/mol. The van der Waals surface area contributed by atoms with Gasteiger partial charge in [-0.1, -0.05) is 13.0 Å². The Labute approximate surface area is 114 Å². The number of nitrogens with two attached hydrogens (primary N) is 1. The summed E-state index contributed by atoms with van der Waals surface area (Å²) in [6.07, 6.45) is 0.890. The second-order valence-corrected chi connectivity index (χ2v) is 4.69. The molecular formula is C14H22FN3O. The lowest BCUT2D eigenvalue weighted by atomic mass is 10.1. The number of likely N-dealkylation sites (N-methyl/N-ethyl adjacent to an activating group) is 1. The van der Waals surface area contributed by atoms with Crippen molar-refractivity contribution in [2.45, 2.75) is 19.9 Å². The number of benzene rings is 1. The number of carbonyl (C=O) groups excluding carboxylic acids is 1. The van der Waals surface area contributed by atoms with Crippen LogP contribution in [0, 0.1) is 5.82 Å². The lowest BCUT2D eigenvalue weighted by Gasteiger charge is -2.25. The number of carbonyl (C=O) groups is 1. The Kier molecular flexibility index (Phi) is 5.76. The molecule has 0 bridgehead atoms. The van der Waals surface area contributed by atoms with Crippen molar-refractivity contribution in [1.82, 2.24) is 4.90 Å². The van der Waals surface area contributed by atoms with Crippen LogP contribution in [-0.2, 0) is 11.3 Å². The fourth-order valence-corrected chi connectivity index (χ4v) is 1.77. The monoisotopic (exact) mass is 267 g/mol. The van der Waals surface area contributed by atoms with E-state index in [0.717, 1.165) is 6.42 Å². The molecule has 0 spiro atoms. The van der Waals surface area contributed by atoms with Crippen LogP contribution in [0.1, 0.15) is 18.9 Å². The van der Waals surface area contributed by atoms with Crippen LogP contribution in [0.25, 0.3) is 0 Å². The molecule has 5 heteroatoms. The number of nitrogens with zero attached hydrogens (tertiary/aromatic N) is 2. The highest BCUT2D eigenvalue weighted by Crippen LogP contribution is 2.19. The van der Waals surface area contributed by atoms with Crippen molar-refractivity contribution in [3.8, 4) is 0 Å². The summed E-state index contributed by atoms with van der Waals surface area (Å²) in [6.45, 7) is 3.16. The molecule has 0 aromatic heterocycles. The summed E-state index contributed by atoms with van der Waals surface area (Å²) >= 11 is 0. The van der Waals surface area contributed by atoms with Gasteiger partial charge in [0.15, 0.2) is 0 Å².